The molecule has 1 atom stereocenters. The lowest BCUT2D eigenvalue weighted by atomic mass is 10.2. The second-order valence-corrected chi connectivity index (χ2v) is 7.52. The molecule has 1 unspecified atom stereocenters. The summed E-state index contributed by atoms with van der Waals surface area (Å²) in [4.78, 5) is 20.5. The molecule has 4 aromatic rings. The Morgan fingerprint density at radius 1 is 1.26 bits per heavy atom. The molecule has 0 fully saturated rings. The lowest BCUT2D eigenvalue weighted by Crippen LogP contribution is -2.25. The van der Waals surface area contributed by atoms with Crippen molar-refractivity contribution < 1.29 is 23.8 Å². The van der Waals surface area contributed by atoms with E-state index in [1.807, 2.05) is 18.2 Å². The number of nitrogens with two attached hydrogens (primary N) is 1. The Morgan fingerprint density at radius 3 is 2.94 bits per heavy atom. The zero-order chi connectivity index (χ0) is 21.5. The molecule has 0 saturated heterocycles. The summed E-state index contributed by atoms with van der Waals surface area (Å²) in [5.74, 6) is 0.830. The van der Waals surface area contributed by atoms with Crippen molar-refractivity contribution in [3.8, 4) is 22.9 Å². The number of ether oxygens (including phenoxy) is 2. The number of carboxylic acids is 1. The lowest BCUT2D eigenvalue weighted by molar-refractivity contribution is -0.145. The van der Waals surface area contributed by atoms with Gasteiger partial charge in [-0.1, -0.05) is 6.92 Å². The number of anilines is 1. The third kappa shape index (κ3) is 3.41. The molecule has 0 amide bonds. The first kappa shape index (κ1) is 19.2. The van der Waals surface area contributed by atoms with Crippen molar-refractivity contribution in [1.82, 2.24) is 14.5 Å². The Balaban J connectivity index is 1.66. The van der Waals surface area contributed by atoms with E-state index in [-0.39, 0.29) is 6.01 Å². The summed E-state index contributed by atoms with van der Waals surface area (Å²) in [6.07, 6.45) is 1.27. The van der Waals surface area contributed by atoms with Gasteiger partial charge in [-0.3, -0.25) is 0 Å². The number of carboxylic acid groups (broad SMARTS) is 1. The van der Waals surface area contributed by atoms with Crippen LogP contribution in [0.2, 0.25) is 0 Å². The second-order valence-electron chi connectivity index (χ2n) is 7.52. The van der Waals surface area contributed by atoms with E-state index >= 15 is 0 Å². The second kappa shape index (κ2) is 7.50. The largest absolute Gasteiger partial charge is 0.491 e. The van der Waals surface area contributed by atoms with Crippen molar-refractivity contribution in [2.45, 2.75) is 38.8 Å². The molecule has 1 aliphatic rings. The summed E-state index contributed by atoms with van der Waals surface area (Å²) in [6, 6.07) is 9.29. The summed E-state index contributed by atoms with van der Waals surface area (Å²) in [7, 11) is 0. The molecule has 5 rings (SSSR count). The molecule has 0 bridgehead atoms. The van der Waals surface area contributed by atoms with Gasteiger partial charge < -0.3 is 29.3 Å². The fourth-order valence-electron chi connectivity index (χ4n) is 3.93. The average molecular weight is 422 g/mol. The van der Waals surface area contributed by atoms with Gasteiger partial charge in [0.25, 0.3) is 6.01 Å². The topological polar surface area (TPSA) is 126 Å². The zero-order valence-electron chi connectivity index (χ0n) is 17.0. The van der Waals surface area contributed by atoms with Crippen molar-refractivity contribution in [3.63, 3.8) is 0 Å². The van der Waals surface area contributed by atoms with Crippen LogP contribution in [-0.4, -0.2) is 38.3 Å². The molecule has 1 aliphatic heterocycles. The monoisotopic (exact) mass is 422 g/mol. The predicted molar refractivity (Wildman–Crippen MR) is 114 cm³/mol. The van der Waals surface area contributed by atoms with Gasteiger partial charge in [0, 0.05) is 24.2 Å². The number of carbonyl (C=O) groups is 1. The van der Waals surface area contributed by atoms with Crippen molar-refractivity contribution >= 4 is 34.1 Å². The number of aryl methyl sites for hydroxylation is 1. The first-order chi connectivity index (χ1) is 15.0. The Bertz CT molecular complexity index is 1290. The van der Waals surface area contributed by atoms with Crippen LogP contribution in [0.4, 0.5) is 6.01 Å². The van der Waals surface area contributed by atoms with Crippen LogP contribution in [0.1, 0.15) is 26.2 Å². The first-order valence-corrected chi connectivity index (χ1v) is 10.3. The summed E-state index contributed by atoms with van der Waals surface area (Å²) in [6.45, 7) is 3.14. The van der Waals surface area contributed by atoms with Gasteiger partial charge in [0.2, 0.25) is 0 Å². The van der Waals surface area contributed by atoms with Gasteiger partial charge in [0.1, 0.15) is 28.4 Å². The predicted octanol–water partition coefficient (Wildman–Crippen LogP) is 3.84. The normalized spacial score (nSPS) is 14.7. The molecule has 9 nitrogen and oxygen atoms in total. The van der Waals surface area contributed by atoms with E-state index in [1.165, 1.54) is 0 Å². The van der Waals surface area contributed by atoms with Gasteiger partial charge in [-0.05, 0) is 37.5 Å². The van der Waals surface area contributed by atoms with Gasteiger partial charge in [0.15, 0.2) is 11.7 Å². The molecule has 160 valence electrons. The summed E-state index contributed by atoms with van der Waals surface area (Å²) in [5, 5.41) is 9.35. The minimum atomic E-state index is -1.00. The highest BCUT2D eigenvalue weighted by molar-refractivity contribution is 5.89. The Morgan fingerprint density at radius 2 is 2.13 bits per heavy atom. The quantitative estimate of drug-likeness (QED) is 0.497. The first-order valence-electron chi connectivity index (χ1n) is 10.3. The van der Waals surface area contributed by atoms with E-state index in [2.05, 4.69) is 9.55 Å². The number of hydrogen-bond acceptors (Lipinski definition) is 7. The molecule has 9 heteroatoms. The van der Waals surface area contributed by atoms with Crippen LogP contribution in [0.3, 0.4) is 0 Å². The van der Waals surface area contributed by atoms with Crippen LogP contribution in [0.5, 0.6) is 11.5 Å². The molecule has 3 heterocycles. The highest BCUT2D eigenvalue weighted by atomic mass is 16.5. The highest BCUT2D eigenvalue weighted by Gasteiger charge is 2.23. The fraction of sp³-hybridized carbons (Fsp3) is 0.318. The lowest BCUT2D eigenvalue weighted by Gasteiger charge is -2.18. The standard InChI is InChI=1S/C22H22N4O5/c1-2-16(21(27)28)30-13-10-15-19-18(11-13)29-8-4-3-7-26(19)20(24-15)12-5-6-17-14(9-12)25-22(23)31-17/h5-6,9-11,16H,2-4,7-8H2,1H3,(H2,23,25)(H,27,28). The molecule has 0 spiro atoms. The summed E-state index contributed by atoms with van der Waals surface area (Å²) < 4.78 is 19.2. The fourth-order valence-corrected chi connectivity index (χ4v) is 3.93. The number of aliphatic carboxylic acids is 1. The molecule has 0 radical (unpaired) electrons. The van der Waals surface area contributed by atoms with E-state index in [1.54, 1.807) is 19.1 Å². The van der Waals surface area contributed by atoms with Gasteiger partial charge >= 0.3 is 5.97 Å². The van der Waals surface area contributed by atoms with E-state index in [0.29, 0.717) is 41.1 Å². The molecule has 2 aromatic heterocycles. The van der Waals surface area contributed by atoms with Gasteiger partial charge in [-0.15, -0.1) is 0 Å². The third-order valence-corrected chi connectivity index (χ3v) is 5.40. The zero-order valence-corrected chi connectivity index (χ0v) is 17.0. The Kier molecular flexibility index (Phi) is 4.65. The van der Waals surface area contributed by atoms with Crippen LogP contribution in [0.25, 0.3) is 33.5 Å². The molecular formula is C22H22N4O5. The SMILES string of the molecule is CCC(Oc1cc2c3c(c1)nc(-c1ccc4oc(N)nc4c1)n3CCCCO2)C(=O)O. The van der Waals surface area contributed by atoms with Crippen molar-refractivity contribution in [1.29, 1.82) is 0 Å². The number of aromatic nitrogens is 3. The molecule has 31 heavy (non-hydrogen) atoms. The van der Waals surface area contributed by atoms with Crippen LogP contribution in [0.15, 0.2) is 34.7 Å². The highest BCUT2D eigenvalue weighted by Crippen LogP contribution is 2.37. The smallest absolute Gasteiger partial charge is 0.344 e. The van der Waals surface area contributed by atoms with E-state index < -0.39 is 12.1 Å². The van der Waals surface area contributed by atoms with Gasteiger partial charge in [0.05, 0.1) is 12.1 Å². The molecule has 0 aliphatic carbocycles. The summed E-state index contributed by atoms with van der Waals surface area (Å²) >= 11 is 0. The van der Waals surface area contributed by atoms with Crippen LogP contribution in [0, 0.1) is 0 Å². The Labute approximate surface area is 177 Å². The maximum atomic E-state index is 11.4. The van der Waals surface area contributed by atoms with E-state index in [4.69, 9.17) is 24.6 Å². The van der Waals surface area contributed by atoms with Gasteiger partial charge in [-0.2, -0.15) is 4.98 Å². The number of nitrogen functional groups attached to an aromatic ring is 1. The third-order valence-electron chi connectivity index (χ3n) is 5.40. The van der Waals surface area contributed by atoms with Gasteiger partial charge in [-0.25, -0.2) is 9.78 Å². The van der Waals surface area contributed by atoms with E-state index in [0.717, 1.165) is 36.3 Å². The number of imidazole rings is 1. The number of rotatable bonds is 5. The minimum Gasteiger partial charge on any atom is -0.491 e. The maximum absolute atomic E-state index is 11.4. The number of benzene rings is 2. The van der Waals surface area contributed by atoms with Crippen molar-refractivity contribution in [3.05, 3.63) is 30.3 Å². The number of hydrogen-bond donors (Lipinski definition) is 2. The average Bonchev–Trinajstić information content (AvgIpc) is 3.28. The molecule has 2 aromatic carbocycles. The van der Waals surface area contributed by atoms with E-state index in [9.17, 15) is 9.90 Å². The number of oxazole rings is 1. The number of nitrogens with zero attached hydrogens (tertiary/aromatic N) is 3. The van der Waals surface area contributed by atoms with Crippen LogP contribution in [-0.2, 0) is 11.3 Å². The summed E-state index contributed by atoms with van der Waals surface area (Å²) in [5.41, 5.74) is 9.39. The van der Waals surface area contributed by atoms with Crippen molar-refractivity contribution in [2.24, 2.45) is 0 Å². The number of fused-ring (bicyclic) bond motifs is 1. The van der Waals surface area contributed by atoms with Crippen LogP contribution >= 0.6 is 0 Å². The maximum Gasteiger partial charge on any atom is 0.344 e. The minimum absolute atomic E-state index is 0.122. The molecular weight excluding hydrogens is 400 g/mol. The Hall–Kier alpha value is -3.75. The molecule has 0 saturated carbocycles. The van der Waals surface area contributed by atoms with Crippen molar-refractivity contribution in [2.75, 3.05) is 12.3 Å². The molecule has 3 N–H and O–H groups in total. The van der Waals surface area contributed by atoms with Crippen LogP contribution < -0.4 is 15.2 Å².